The van der Waals surface area contributed by atoms with Gasteiger partial charge in [0, 0.05) is 17.2 Å². The Labute approximate surface area is 169 Å². The lowest BCUT2D eigenvalue weighted by Crippen LogP contribution is -2.44. The molecule has 0 bridgehead atoms. The van der Waals surface area contributed by atoms with E-state index in [4.69, 9.17) is 32.9 Å². The minimum absolute atomic E-state index is 0.0411. The number of hydrogen-bond donors (Lipinski definition) is 1. The van der Waals surface area contributed by atoms with Gasteiger partial charge in [-0.3, -0.25) is 4.99 Å². The smallest absolute Gasteiger partial charge is 0.318 e. The summed E-state index contributed by atoms with van der Waals surface area (Å²) < 4.78 is 5.18. The molecule has 1 aromatic heterocycles. The zero-order valence-electron chi connectivity index (χ0n) is 15.3. The van der Waals surface area contributed by atoms with Crippen molar-refractivity contribution in [3.63, 3.8) is 0 Å². The number of methoxy groups -OCH3 is 1. The second kappa shape index (κ2) is 7.64. The summed E-state index contributed by atoms with van der Waals surface area (Å²) in [6, 6.07) is 6.03. The lowest BCUT2D eigenvalue weighted by molar-refractivity contribution is 0.277. The predicted molar refractivity (Wildman–Crippen MR) is 109 cm³/mol. The van der Waals surface area contributed by atoms with Gasteiger partial charge in [-0.15, -0.1) is 0 Å². The molecule has 4 rings (SSSR count). The van der Waals surface area contributed by atoms with Crippen molar-refractivity contribution in [1.29, 1.82) is 0 Å². The summed E-state index contributed by atoms with van der Waals surface area (Å²) >= 11 is 12.2. The molecule has 1 aliphatic heterocycles. The van der Waals surface area contributed by atoms with Gasteiger partial charge in [-0.25, -0.2) is 4.98 Å². The van der Waals surface area contributed by atoms with Gasteiger partial charge >= 0.3 is 6.01 Å². The molecule has 7 heteroatoms. The van der Waals surface area contributed by atoms with Crippen LogP contribution in [0.5, 0.6) is 6.01 Å². The summed E-state index contributed by atoms with van der Waals surface area (Å²) in [7, 11) is 1.58. The van der Waals surface area contributed by atoms with E-state index in [0.717, 1.165) is 42.0 Å². The van der Waals surface area contributed by atoms with Crippen molar-refractivity contribution in [3.8, 4) is 6.01 Å². The number of ether oxygens (including phenoxy) is 1. The normalized spacial score (nSPS) is 19.6. The zero-order valence-corrected chi connectivity index (χ0v) is 16.8. The third-order valence-electron chi connectivity index (χ3n) is 5.51. The first-order valence-corrected chi connectivity index (χ1v) is 10.0. The molecule has 1 saturated carbocycles. The van der Waals surface area contributed by atoms with Gasteiger partial charge in [0.05, 0.1) is 23.7 Å². The fourth-order valence-electron chi connectivity index (χ4n) is 4.08. The fourth-order valence-corrected chi connectivity index (χ4v) is 4.40. The maximum Gasteiger partial charge on any atom is 0.318 e. The van der Waals surface area contributed by atoms with E-state index < -0.39 is 0 Å². The van der Waals surface area contributed by atoms with Crippen LogP contribution < -0.4 is 10.1 Å². The van der Waals surface area contributed by atoms with Crippen LogP contribution in [0.15, 0.2) is 29.4 Å². The fraction of sp³-hybridized carbons (Fsp3) is 0.450. The Kier molecular flexibility index (Phi) is 5.24. The van der Waals surface area contributed by atoms with Crippen molar-refractivity contribution >= 4 is 34.9 Å². The van der Waals surface area contributed by atoms with E-state index in [9.17, 15) is 0 Å². The highest BCUT2D eigenvalue weighted by Gasteiger charge is 2.41. The Bertz CT molecular complexity index is 878. The first-order valence-electron chi connectivity index (χ1n) is 9.25. The van der Waals surface area contributed by atoms with Gasteiger partial charge in [0.1, 0.15) is 11.7 Å². The maximum absolute atomic E-state index is 6.15. The van der Waals surface area contributed by atoms with Crippen LogP contribution in [0.1, 0.15) is 43.2 Å². The first-order chi connectivity index (χ1) is 13.1. The maximum atomic E-state index is 6.15. The first kappa shape index (κ1) is 18.5. The predicted octanol–water partition coefficient (Wildman–Crippen LogP) is 5.31. The van der Waals surface area contributed by atoms with Crippen LogP contribution in [-0.2, 0) is 13.0 Å². The third kappa shape index (κ3) is 3.76. The molecule has 5 nitrogen and oxygen atoms in total. The van der Waals surface area contributed by atoms with Gasteiger partial charge in [0.25, 0.3) is 0 Å². The van der Waals surface area contributed by atoms with E-state index in [1.54, 1.807) is 7.11 Å². The minimum Gasteiger partial charge on any atom is -0.467 e. The summed E-state index contributed by atoms with van der Waals surface area (Å²) in [5.74, 6) is 1.81. The van der Waals surface area contributed by atoms with E-state index in [1.807, 2.05) is 24.4 Å². The number of aromatic nitrogens is 2. The van der Waals surface area contributed by atoms with Crippen molar-refractivity contribution in [2.24, 2.45) is 10.4 Å². The Morgan fingerprint density at radius 1 is 1.19 bits per heavy atom. The van der Waals surface area contributed by atoms with Crippen LogP contribution in [0, 0.1) is 5.41 Å². The number of benzene rings is 1. The summed E-state index contributed by atoms with van der Waals surface area (Å²) in [5, 5.41) is 4.61. The van der Waals surface area contributed by atoms with Crippen molar-refractivity contribution in [3.05, 3.63) is 45.6 Å². The number of fused-ring (bicyclic) bond motifs is 1. The van der Waals surface area contributed by atoms with Gasteiger partial charge < -0.3 is 10.1 Å². The number of hydrogen-bond acceptors (Lipinski definition) is 4. The molecule has 0 unspecified atom stereocenters. The molecule has 0 saturated heterocycles. The molecule has 1 spiro atoms. The quantitative estimate of drug-likeness (QED) is 0.752. The average molecular weight is 405 g/mol. The highest BCUT2D eigenvalue weighted by molar-refractivity contribution is 6.42. The molecular weight excluding hydrogens is 383 g/mol. The van der Waals surface area contributed by atoms with E-state index in [2.05, 4.69) is 15.3 Å². The molecule has 1 N–H and O–H groups in total. The van der Waals surface area contributed by atoms with Gasteiger partial charge in [-0.2, -0.15) is 4.98 Å². The number of anilines is 1. The van der Waals surface area contributed by atoms with Crippen molar-refractivity contribution in [1.82, 2.24) is 9.97 Å². The van der Waals surface area contributed by atoms with Gasteiger partial charge in [0.2, 0.25) is 0 Å². The Balaban J connectivity index is 1.67. The van der Waals surface area contributed by atoms with E-state index in [0.29, 0.717) is 22.6 Å². The number of nitrogens with one attached hydrogen (secondary N) is 1. The summed E-state index contributed by atoms with van der Waals surface area (Å²) in [6.45, 7) is 0.554. The molecule has 2 aliphatic rings. The van der Waals surface area contributed by atoms with Crippen molar-refractivity contribution in [2.45, 2.75) is 45.1 Å². The molecule has 2 heterocycles. The number of halogens is 2. The summed E-state index contributed by atoms with van der Waals surface area (Å²) in [5.41, 5.74) is 2.21. The van der Waals surface area contributed by atoms with Gasteiger partial charge in [0.15, 0.2) is 0 Å². The lowest BCUT2D eigenvalue weighted by atomic mass is 9.68. The second-order valence-corrected chi connectivity index (χ2v) is 8.10. The molecule has 1 aromatic carbocycles. The molecule has 0 amide bonds. The summed E-state index contributed by atoms with van der Waals surface area (Å²) in [4.78, 5) is 13.7. The van der Waals surface area contributed by atoms with E-state index in [1.165, 1.54) is 19.3 Å². The second-order valence-electron chi connectivity index (χ2n) is 7.29. The minimum atomic E-state index is 0.0411. The SMILES string of the molecule is COc1ncc2c(n1)NC(=NCc1ccc(Cl)c(Cl)c1)C1(CCCCC1)C2. The molecule has 27 heavy (non-hydrogen) atoms. The average Bonchev–Trinajstić information content (AvgIpc) is 2.69. The van der Waals surface area contributed by atoms with Crippen LogP contribution >= 0.6 is 23.2 Å². The number of amidine groups is 1. The lowest BCUT2D eigenvalue weighted by Gasteiger charge is -2.42. The summed E-state index contributed by atoms with van der Waals surface area (Å²) in [6.07, 6.45) is 8.78. The van der Waals surface area contributed by atoms with Gasteiger partial charge in [-0.05, 0) is 37.0 Å². The van der Waals surface area contributed by atoms with Crippen molar-refractivity contribution in [2.75, 3.05) is 12.4 Å². The van der Waals surface area contributed by atoms with Crippen LogP contribution in [0.2, 0.25) is 10.0 Å². The number of aliphatic imine (C=N–C) groups is 1. The highest BCUT2D eigenvalue weighted by atomic mass is 35.5. The monoisotopic (exact) mass is 404 g/mol. The molecule has 0 atom stereocenters. The van der Waals surface area contributed by atoms with E-state index in [-0.39, 0.29) is 5.41 Å². The molecule has 1 fully saturated rings. The molecule has 2 aromatic rings. The highest BCUT2D eigenvalue weighted by Crippen LogP contribution is 2.44. The van der Waals surface area contributed by atoms with Crippen LogP contribution in [-0.4, -0.2) is 22.9 Å². The Hall–Kier alpha value is -1.85. The molecule has 1 aliphatic carbocycles. The van der Waals surface area contributed by atoms with E-state index >= 15 is 0 Å². The standard InChI is InChI=1S/C20H22Cl2N4O/c1-27-19-24-12-14-10-20(7-3-2-4-8-20)18(25-17(14)26-19)23-11-13-5-6-15(21)16(22)9-13/h5-6,9,12H,2-4,7-8,10-11H2,1H3,(H,23,24,25,26). The van der Waals surface area contributed by atoms with Crippen LogP contribution in [0.4, 0.5) is 5.82 Å². The van der Waals surface area contributed by atoms with Crippen LogP contribution in [0.25, 0.3) is 0 Å². The largest absolute Gasteiger partial charge is 0.467 e. The Morgan fingerprint density at radius 2 is 2.00 bits per heavy atom. The Morgan fingerprint density at radius 3 is 2.74 bits per heavy atom. The number of rotatable bonds is 3. The van der Waals surface area contributed by atoms with Crippen molar-refractivity contribution < 1.29 is 4.74 Å². The third-order valence-corrected chi connectivity index (χ3v) is 6.25. The molecule has 142 valence electrons. The zero-order chi connectivity index (χ0) is 18.9. The topological polar surface area (TPSA) is 59.4 Å². The van der Waals surface area contributed by atoms with Gasteiger partial charge in [-0.1, -0.05) is 48.5 Å². The van der Waals surface area contributed by atoms with Crippen LogP contribution in [0.3, 0.4) is 0 Å². The molecule has 0 radical (unpaired) electrons. The molecular formula is C20H22Cl2N4O. The number of nitrogens with zero attached hydrogens (tertiary/aromatic N) is 3.